The summed E-state index contributed by atoms with van der Waals surface area (Å²) in [5.41, 5.74) is 2.02. The molecule has 2 aromatic rings. The van der Waals surface area contributed by atoms with E-state index in [2.05, 4.69) is 15.2 Å². The fourth-order valence-electron chi connectivity index (χ4n) is 3.09. The van der Waals surface area contributed by atoms with Crippen LogP contribution in [0.5, 0.6) is 0 Å². The van der Waals surface area contributed by atoms with Crippen LogP contribution in [0.4, 0.5) is 5.69 Å². The Labute approximate surface area is 147 Å². The molecule has 24 heavy (non-hydrogen) atoms. The number of esters is 1. The minimum atomic E-state index is -0.366. The van der Waals surface area contributed by atoms with Gasteiger partial charge in [0.15, 0.2) is 5.11 Å². The monoisotopic (exact) mass is 345 g/mol. The number of rotatable bonds is 3. The number of hydrogen-bond acceptors (Lipinski definition) is 3. The molecule has 0 amide bonds. The van der Waals surface area contributed by atoms with E-state index in [0.717, 1.165) is 36.8 Å². The number of nitrogens with one attached hydrogen (secondary N) is 2. The van der Waals surface area contributed by atoms with E-state index in [1.54, 1.807) is 6.92 Å². The molecule has 2 N–H and O–H groups in total. The number of H-pyrrole nitrogens is 1. The Bertz CT molecular complexity index is 733. The fraction of sp³-hybridized carbons (Fsp3) is 0.444. The molecule has 0 saturated carbocycles. The Morgan fingerprint density at radius 1 is 1.25 bits per heavy atom. The van der Waals surface area contributed by atoms with E-state index in [-0.39, 0.29) is 5.97 Å². The van der Waals surface area contributed by atoms with Gasteiger partial charge in [-0.05, 0) is 38.0 Å². The Morgan fingerprint density at radius 2 is 1.96 bits per heavy atom. The van der Waals surface area contributed by atoms with Crippen molar-refractivity contribution in [3.05, 3.63) is 30.0 Å². The molecule has 0 bridgehead atoms. The zero-order chi connectivity index (χ0) is 16.9. The number of ether oxygens (including phenoxy) is 1. The highest BCUT2D eigenvalue weighted by atomic mass is 32.1. The average Bonchev–Trinajstić information content (AvgIpc) is 2.76. The van der Waals surface area contributed by atoms with E-state index in [9.17, 15) is 4.79 Å². The van der Waals surface area contributed by atoms with Gasteiger partial charge in [-0.3, -0.25) is 0 Å². The maximum atomic E-state index is 12.3. The van der Waals surface area contributed by atoms with Crippen molar-refractivity contribution in [2.45, 2.75) is 32.6 Å². The molecule has 2 heterocycles. The number of carbonyl (C=O) groups excluding carboxylic acids is 1. The normalized spacial score (nSPS) is 15.1. The number of likely N-dealkylation sites (tertiary alicyclic amines) is 1. The number of anilines is 1. The van der Waals surface area contributed by atoms with Gasteiger partial charge in [-0.2, -0.15) is 0 Å². The van der Waals surface area contributed by atoms with Crippen molar-refractivity contribution in [2.24, 2.45) is 0 Å². The zero-order valence-corrected chi connectivity index (χ0v) is 14.7. The average molecular weight is 345 g/mol. The number of para-hydroxylation sites is 1. The standard InChI is InChI=1S/C18H23N3O2S/c1-2-23-17(22)16-15(13-9-5-6-10-14(13)19-16)20-18(24)21-11-7-3-4-8-12-21/h5-6,9-10,19H,2-4,7-8,11-12H2,1H3,(H,20,24). The molecule has 1 aliphatic heterocycles. The van der Waals surface area contributed by atoms with Gasteiger partial charge in [0.2, 0.25) is 0 Å². The molecular formula is C18H23N3O2S. The highest BCUT2D eigenvalue weighted by molar-refractivity contribution is 7.80. The molecule has 1 fully saturated rings. The third-order valence-electron chi connectivity index (χ3n) is 4.31. The lowest BCUT2D eigenvalue weighted by Crippen LogP contribution is -2.35. The summed E-state index contributed by atoms with van der Waals surface area (Å²) in [4.78, 5) is 17.6. The van der Waals surface area contributed by atoms with E-state index < -0.39 is 0 Å². The number of nitrogens with zero attached hydrogens (tertiary/aromatic N) is 1. The third kappa shape index (κ3) is 3.53. The Balaban J connectivity index is 1.90. The van der Waals surface area contributed by atoms with Gasteiger partial charge in [-0.15, -0.1) is 0 Å². The minimum absolute atomic E-state index is 0.338. The van der Waals surface area contributed by atoms with E-state index in [1.807, 2.05) is 24.3 Å². The summed E-state index contributed by atoms with van der Waals surface area (Å²) >= 11 is 5.60. The first-order valence-corrected chi connectivity index (χ1v) is 8.95. The quantitative estimate of drug-likeness (QED) is 0.652. The van der Waals surface area contributed by atoms with Crippen LogP contribution in [-0.4, -0.2) is 40.7 Å². The summed E-state index contributed by atoms with van der Waals surface area (Å²) in [5.74, 6) is -0.366. The number of aromatic amines is 1. The topological polar surface area (TPSA) is 57.4 Å². The van der Waals surface area contributed by atoms with Crippen LogP contribution in [-0.2, 0) is 4.74 Å². The Morgan fingerprint density at radius 3 is 2.67 bits per heavy atom. The molecule has 1 aromatic heterocycles. The number of thiocarbonyl (C=S) groups is 1. The Kier molecular flexibility index (Phi) is 5.35. The molecule has 0 atom stereocenters. The van der Waals surface area contributed by atoms with Crippen molar-refractivity contribution in [1.29, 1.82) is 0 Å². The van der Waals surface area contributed by atoms with Gasteiger partial charge in [0.25, 0.3) is 0 Å². The second-order valence-corrected chi connectivity index (χ2v) is 6.36. The van der Waals surface area contributed by atoms with Crippen LogP contribution in [0.3, 0.4) is 0 Å². The molecule has 0 aliphatic carbocycles. The van der Waals surface area contributed by atoms with E-state index in [4.69, 9.17) is 17.0 Å². The van der Waals surface area contributed by atoms with E-state index >= 15 is 0 Å². The van der Waals surface area contributed by atoms with E-state index in [0.29, 0.717) is 23.1 Å². The maximum Gasteiger partial charge on any atom is 0.356 e. The van der Waals surface area contributed by atoms with Crippen LogP contribution < -0.4 is 5.32 Å². The van der Waals surface area contributed by atoms with Gasteiger partial charge in [-0.25, -0.2) is 4.79 Å². The van der Waals surface area contributed by atoms with Gasteiger partial charge in [0, 0.05) is 24.0 Å². The molecule has 6 heteroatoms. The lowest BCUT2D eigenvalue weighted by molar-refractivity contribution is 0.0522. The summed E-state index contributed by atoms with van der Waals surface area (Å²) in [5, 5.41) is 4.91. The molecular weight excluding hydrogens is 322 g/mol. The lowest BCUT2D eigenvalue weighted by atomic mass is 10.2. The first kappa shape index (κ1) is 16.8. The fourth-order valence-corrected chi connectivity index (χ4v) is 3.37. The molecule has 0 radical (unpaired) electrons. The van der Waals surface area contributed by atoms with Gasteiger partial charge < -0.3 is 19.9 Å². The van der Waals surface area contributed by atoms with Crippen LogP contribution in [0.25, 0.3) is 10.9 Å². The third-order valence-corrected chi connectivity index (χ3v) is 4.67. The van der Waals surface area contributed by atoms with Gasteiger partial charge in [-0.1, -0.05) is 31.0 Å². The predicted octanol–water partition coefficient (Wildman–Crippen LogP) is 3.92. The van der Waals surface area contributed by atoms with Crippen LogP contribution in [0.2, 0.25) is 0 Å². The molecule has 1 aliphatic rings. The minimum Gasteiger partial charge on any atom is -0.461 e. The maximum absolute atomic E-state index is 12.3. The summed E-state index contributed by atoms with van der Waals surface area (Å²) in [7, 11) is 0. The predicted molar refractivity (Wildman–Crippen MR) is 101 cm³/mol. The molecule has 5 nitrogen and oxygen atoms in total. The summed E-state index contributed by atoms with van der Waals surface area (Å²) in [6, 6.07) is 7.80. The molecule has 128 valence electrons. The summed E-state index contributed by atoms with van der Waals surface area (Å²) in [6.45, 7) is 4.06. The van der Waals surface area contributed by atoms with Gasteiger partial charge in [0.1, 0.15) is 5.69 Å². The van der Waals surface area contributed by atoms with E-state index in [1.165, 1.54) is 12.8 Å². The van der Waals surface area contributed by atoms with Crippen LogP contribution in [0.15, 0.2) is 24.3 Å². The molecule has 3 rings (SSSR count). The smallest absolute Gasteiger partial charge is 0.356 e. The Hall–Kier alpha value is -2.08. The number of hydrogen-bond donors (Lipinski definition) is 2. The highest BCUT2D eigenvalue weighted by Gasteiger charge is 2.21. The second kappa shape index (κ2) is 7.66. The van der Waals surface area contributed by atoms with Crippen molar-refractivity contribution in [3.63, 3.8) is 0 Å². The first-order valence-electron chi connectivity index (χ1n) is 8.54. The number of aromatic nitrogens is 1. The van der Waals surface area contributed by atoms with Gasteiger partial charge in [0.05, 0.1) is 12.3 Å². The van der Waals surface area contributed by atoms with Crippen LogP contribution in [0, 0.1) is 0 Å². The highest BCUT2D eigenvalue weighted by Crippen LogP contribution is 2.29. The number of carbonyl (C=O) groups is 1. The van der Waals surface area contributed by atoms with Crippen molar-refractivity contribution >= 4 is 39.9 Å². The largest absolute Gasteiger partial charge is 0.461 e. The molecule has 0 spiro atoms. The molecule has 1 saturated heterocycles. The second-order valence-electron chi connectivity index (χ2n) is 5.97. The number of fused-ring (bicyclic) bond motifs is 1. The van der Waals surface area contributed by atoms with Crippen LogP contribution >= 0.6 is 12.2 Å². The molecule has 0 unspecified atom stereocenters. The van der Waals surface area contributed by atoms with Crippen molar-refractivity contribution < 1.29 is 9.53 Å². The summed E-state index contributed by atoms with van der Waals surface area (Å²) in [6.07, 6.45) is 4.81. The van der Waals surface area contributed by atoms with Gasteiger partial charge >= 0.3 is 5.97 Å². The van der Waals surface area contributed by atoms with Crippen molar-refractivity contribution in [2.75, 3.05) is 25.0 Å². The van der Waals surface area contributed by atoms with Crippen LogP contribution in [0.1, 0.15) is 43.1 Å². The van der Waals surface area contributed by atoms with Crippen molar-refractivity contribution in [3.8, 4) is 0 Å². The summed E-state index contributed by atoms with van der Waals surface area (Å²) < 4.78 is 5.18. The lowest BCUT2D eigenvalue weighted by Gasteiger charge is -2.24. The SMILES string of the molecule is CCOC(=O)c1[nH]c2ccccc2c1NC(=S)N1CCCCCC1. The number of benzene rings is 1. The zero-order valence-electron chi connectivity index (χ0n) is 13.9. The molecule has 1 aromatic carbocycles. The first-order chi connectivity index (χ1) is 11.7. The van der Waals surface area contributed by atoms with Crippen molar-refractivity contribution in [1.82, 2.24) is 9.88 Å².